The van der Waals surface area contributed by atoms with Gasteiger partial charge in [0.2, 0.25) is 10.0 Å². The van der Waals surface area contributed by atoms with Crippen LogP contribution in [0.4, 0.5) is 11.4 Å². The van der Waals surface area contributed by atoms with E-state index in [0.717, 1.165) is 28.8 Å². The van der Waals surface area contributed by atoms with Crippen LogP contribution in [0.3, 0.4) is 0 Å². The standard InChI is InChI=1S/C26H23ClN4O3S2/c1-16-6-7-17(27)15-20(16)22-12-13-23(34-22)25-24(21-5-3-4-14-28-21)29-26(35)31(25)19-10-8-18(9-11-19)30-36(2,32)33/h3-15,24-25,30H,1-2H3,(H,29,35)/t24-,25+/m0/s1. The van der Waals surface area contributed by atoms with Crippen LogP contribution in [0.2, 0.25) is 5.02 Å². The van der Waals surface area contributed by atoms with Gasteiger partial charge in [-0.15, -0.1) is 0 Å². The number of thiocarbonyl (C=S) groups is 1. The maximum Gasteiger partial charge on any atom is 0.229 e. The normalized spacial score (nSPS) is 17.8. The van der Waals surface area contributed by atoms with Gasteiger partial charge in [0.1, 0.15) is 17.6 Å². The van der Waals surface area contributed by atoms with Crippen LogP contribution in [-0.4, -0.2) is 24.8 Å². The van der Waals surface area contributed by atoms with Crippen molar-refractivity contribution in [3.05, 3.63) is 101 Å². The van der Waals surface area contributed by atoms with E-state index in [1.807, 2.05) is 72.5 Å². The molecular weight excluding hydrogens is 516 g/mol. The SMILES string of the molecule is Cc1ccc(Cl)cc1-c1ccc([C@@H]2[C@H](c3ccccn3)NC(=S)N2c2ccc(NS(C)(=O)=O)cc2)o1. The summed E-state index contributed by atoms with van der Waals surface area (Å²) in [5.41, 5.74) is 4.03. The number of aromatic nitrogens is 1. The molecule has 36 heavy (non-hydrogen) atoms. The van der Waals surface area contributed by atoms with Crippen LogP contribution in [0.5, 0.6) is 0 Å². The summed E-state index contributed by atoms with van der Waals surface area (Å²) in [6.07, 6.45) is 2.86. The van der Waals surface area contributed by atoms with Crippen LogP contribution < -0.4 is 14.9 Å². The molecule has 7 nitrogen and oxygen atoms in total. The summed E-state index contributed by atoms with van der Waals surface area (Å²) >= 11 is 12.0. The van der Waals surface area contributed by atoms with Crippen LogP contribution in [-0.2, 0) is 10.0 Å². The van der Waals surface area contributed by atoms with Crippen molar-refractivity contribution in [2.75, 3.05) is 15.9 Å². The number of nitrogens with zero attached hydrogens (tertiary/aromatic N) is 2. The Morgan fingerprint density at radius 3 is 2.56 bits per heavy atom. The van der Waals surface area contributed by atoms with E-state index < -0.39 is 10.0 Å². The number of benzene rings is 2. The first-order valence-electron chi connectivity index (χ1n) is 11.1. The third kappa shape index (κ3) is 4.95. The number of halogens is 1. The highest BCUT2D eigenvalue weighted by molar-refractivity contribution is 7.92. The lowest BCUT2D eigenvalue weighted by Crippen LogP contribution is -2.29. The Kier molecular flexibility index (Phi) is 6.46. The summed E-state index contributed by atoms with van der Waals surface area (Å²) in [7, 11) is -3.38. The van der Waals surface area contributed by atoms with E-state index in [2.05, 4.69) is 15.0 Å². The average molecular weight is 539 g/mol. The molecule has 5 rings (SSSR count). The summed E-state index contributed by atoms with van der Waals surface area (Å²) < 4.78 is 32.1. The molecule has 1 saturated heterocycles. The first-order chi connectivity index (χ1) is 17.2. The summed E-state index contributed by atoms with van der Waals surface area (Å²) in [6, 6.07) is 21.7. The fourth-order valence-corrected chi connectivity index (χ4v) is 5.42. The van der Waals surface area contributed by atoms with Crippen LogP contribution in [0, 0.1) is 6.92 Å². The van der Waals surface area contributed by atoms with Crippen molar-refractivity contribution >= 4 is 50.3 Å². The second kappa shape index (κ2) is 9.57. The molecule has 0 saturated carbocycles. The molecule has 2 atom stereocenters. The molecular formula is C26H23ClN4O3S2. The van der Waals surface area contributed by atoms with Gasteiger partial charge in [0.05, 0.1) is 18.0 Å². The third-order valence-corrected chi connectivity index (χ3v) is 7.09. The molecule has 0 aliphatic carbocycles. The fraction of sp³-hybridized carbons (Fsp3) is 0.154. The predicted octanol–water partition coefficient (Wildman–Crippen LogP) is 5.85. The van der Waals surface area contributed by atoms with Gasteiger partial charge in [-0.1, -0.05) is 23.7 Å². The minimum absolute atomic E-state index is 0.271. The van der Waals surface area contributed by atoms with Gasteiger partial charge >= 0.3 is 0 Å². The molecule has 1 aliphatic heterocycles. The number of nitrogens with one attached hydrogen (secondary N) is 2. The topological polar surface area (TPSA) is 87.5 Å². The zero-order valence-electron chi connectivity index (χ0n) is 19.5. The molecule has 10 heteroatoms. The van der Waals surface area contributed by atoms with Crippen LogP contribution in [0.15, 0.2) is 83.4 Å². The van der Waals surface area contributed by atoms with Gasteiger partial charge in [-0.3, -0.25) is 9.71 Å². The minimum atomic E-state index is -3.38. The van der Waals surface area contributed by atoms with Gasteiger partial charge < -0.3 is 14.6 Å². The van der Waals surface area contributed by atoms with E-state index >= 15 is 0 Å². The van der Waals surface area contributed by atoms with Gasteiger partial charge in [-0.05, 0) is 85.4 Å². The van der Waals surface area contributed by atoms with Crippen LogP contribution in [0.1, 0.15) is 29.1 Å². The van der Waals surface area contributed by atoms with E-state index in [1.165, 1.54) is 0 Å². The van der Waals surface area contributed by atoms with Crippen molar-refractivity contribution in [3.8, 4) is 11.3 Å². The van der Waals surface area contributed by atoms with Gasteiger partial charge in [0.25, 0.3) is 0 Å². The zero-order chi connectivity index (χ0) is 25.4. The number of furan rings is 1. The molecule has 184 valence electrons. The lowest BCUT2D eigenvalue weighted by molar-refractivity contribution is 0.439. The van der Waals surface area contributed by atoms with E-state index in [0.29, 0.717) is 27.3 Å². The Morgan fingerprint density at radius 2 is 1.86 bits per heavy atom. The molecule has 0 bridgehead atoms. The Bertz CT molecular complexity index is 1520. The van der Waals surface area contributed by atoms with Crippen molar-refractivity contribution < 1.29 is 12.8 Å². The second-order valence-corrected chi connectivity index (χ2v) is 11.2. The maximum atomic E-state index is 11.6. The number of hydrogen-bond donors (Lipinski definition) is 2. The zero-order valence-corrected chi connectivity index (χ0v) is 21.9. The molecule has 0 spiro atoms. The van der Waals surface area contributed by atoms with Crippen molar-refractivity contribution in [3.63, 3.8) is 0 Å². The summed E-state index contributed by atoms with van der Waals surface area (Å²) in [4.78, 5) is 6.52. The van der Waals surface area contributed by atoms with Gasteiger partial charge in [0.15, 0.2) is 5.11 Å². The molecule has 1 fully saturated rings. The fourth-order valence-electron chi connectivity index (χ4n) is 4.34. The first-order valence-corrected chi connectivity index (χ1v) is 13.8. The number of hydrogen-bond acceptors (Lipinski definition) is 5. The van der Waals surface area contributed by atoms with Crippen molar-refractivity contribution in [1.29, 1.82) is 0 Å². The summed E-state index contributed by atoms with van der Waals surface area (Å²) in [5.74, 6) is 1.40. The van der Waals surface area contributed by atoms with E-state index in [1.54, 1.807) is 18.3 Å². The number of pyridine rings is 1. The molecule has 3 heterocycles. The highest BCUT2D eigenvalue weighted by atomic mass is 35.5. The van der Waals surface area contributed by atoms with Gasteiger partial charge in [-0.2, -0.15) is 0 Å². The molecule has 0 amide bonds. The van der Waals surface area contributed by atoms with Crippen molar-refractivity contribution in [1.82, 2.24) is 10.3 Å². The summed E-state index contributed by atoms with van der Waals surface area (Å²) in [6.45, 7) is 2.01. The molecule has 2 aromatic heterocycles. The Morgan fingerprint density at radius 1 is 1.08 bits per heavy atom. The minimum Gasteiger partial charge on any atom is -0.459 e. The number of aryl methyl sites for hydroxylation is 1. The maximum absolute atomic E-state index is 11.6. The number of anilines is 2. The molecule has 4 aromatic rings. The predicted molar refractivity (Wildman–Crippen MR) is 147 cm³/mol. The lowest BCUT2D eigenvalue weighted by atomic mass is 10.0. The second-order valence-electron chi connectivity index (χ2n) is 8.58. The van der Waals surface area contributed by atoms with E-state index in [4.69, 9.17) is 28.2 Å². The van der Waals surface area contributed by atoms with E-state index in [9.17, 15) is 8.42 Å². The Labute approximate surface area is 220 Å². The number of sulfonamides is 1. The monoisotopic (exact) mass is 538 g/mol. The quantitative estimate of drug-likeness (QED) is 0.298. The Balaban J connectivity index is 1.57. The molecule has 0 radical (unpaired) electrons. The largest absolute Gasteiger partial charge is 0.459 e. The van der Waals surface area contributed by atoms with Gasteiger partial charge in [-0.25, -0.2) is 8.42 Å². The third-order valence-electron chi connectivity index (χ3n) is 5.93. The van der Waals surface area contributed by atoms with Crippen LogP contribution in [0.25, 0.3) is 11.3 Å². The average Bonchev–Trinajstić information content (AvgIpc) is 3.45. The molecule has 1 aliphatic rings. The van der Waals surface area contributed by atoms with E-state index in [-0.39, 0.29) is 12.1 Å². The van der Waals surface area contributed by atoms with Gasteiger partial charge in [0, 0.05) is 28.2 Å². The highest BCUT2D eigenvalue weighted by Crippen LogP contribution is 2.43. The molecule has 2 aromatic carbocycles. The smallest absolute Gasteiger partial charge is 0.229 e. The lowest BCUT2D eigenvalue weighted by Gasteiger charge is -2.26. The Hall–Kier alpha value is -3.40. The molecule has 2 N–H and O–H groups in total. The first kappa shape index (κ1) is 24.3. The number of rotatable bonds is 6. The highest BCUT2D eigenvalue weighted by Gasteiger charge is 2.42. The van der Waals surface area contributed by atoms with Crippen molar-refractivity contribution in [2.45, 2.75) is 19.0 Å². The molecule has 0 unspecified atom stereocenters. The van der Waals surface area contributed by atoms with Crippen molar-refractivity contribution in [2.24, 2.45) is 0 Å². The summed E-state index contributed by atoms with van der Waals surface area (Å²) in [5, 5.41) is 4.53. The van der Waals surface area contributed by atoms with Crippen LogP contribution >= 0.6 is 23.8 Å².